The number of nitrogens with zero attached hydrogens (tertiary/aromatic N) is 2. The lowest BCUT2D eigenvalue weighted by Gasteiger charge is -2.12. The van der Waals surface area contributed by atoms with E-state index >= 15 is 0 Å². The van der Waals surface area contributed by atoms with E-state index < -0.39 is 0 Å². The van der Waals surface area contributed by atoms with Crippen molar-refractivity contribution in [2.45, 2.75) is 56.5 Å². The lowest BCUT2D eigenvalue weighted by molar-refractivity contribution is -0.119. The monoisotopic (exact) mass is 319 g/mol. The van der Waals surface area contributed by atoms with Crippen LogP contribution in [0.1, 0.15) is 39.5 Å². The van der Waals surface area contributed by atoms with Gasteiger partial charge in [-0.05, 0) is 25.5 Å². The molecule has 5 heteroatoms. The van der Waals surface area contributed by atoms with Crippen LogP contribution in [0.3, 0.4) is 0 Å². The fourth-order valence-electron chi connectivity index (χ4n) is 2.47. The number of benzene rings is 1. The summed E-state index contributed by atoms with van der Waals surface area (Å²) in [5.74, 6) is 0.0367. The molecule has 0 aliphatic rings. The molecule has 2 aromatic rings. The fraction of sp³-hybridized carbons (Fsp3) is 0.529. The molecular formula is C17H25N3OS. The van der Waals surface area contributed by atoms with Crippen molar-refractivity contribution in [3.63, 3.8) is 0 Å². The van der Waals surface area contributed by atoms with Gasteiger partial charge in [-0.25, -0.2) is 4.98 Å². The van der Waals surface area contributed by atoms with E-state index in [-0.39, 0.29) is 11.2 Å². The molecule has 0 saturated heterocycles. The van der Waals surface area contributed by atoms with Gasteiger partial charge in [0.25, 0.3) is 0 Å². The lowest BCUT2D eigenvalue weighted by atomic mass is 10.2. The van der Waals surface area contributed by atoms with E-state index in [1.165, 1.54) is 31.0 Å². The average Bonchev–Trinajstić information content (AvgIpc) is 2.88. The quantitative estimate of drug-likeness (QED) is 0.594. The highest BCUT2D eigenvalue weighted by atomic mass is 32.2. The number of carbonyl (C=O) groups is 1. The summed E-state index contributed by atoms with van der Waals surface area (Å²) in [5.41, 5.74) is 2.16. The molecule has 2 rings (SSSR count). The van der Waals surface area contributed by atoms with E-state index in [1.54, 1.807) is 7.05 Å². The van der Waals surface area contributed by atoms with Crippen molar-refractivity contribution < 1.29 is 4.79 Å². The number of hydrogen-bond donors (Lipinski definition) is 1. The van der Waals surface area contributed by atoms with Crippen molar-refractivity contribution in [3.8, 4) is 0 Å². The smallest absolute Gasteiger partial charge is 0.233 e. The highest BCUT2D eigenvalue weighted by molar-refractivity contribution is 8.00. The molecule has 1 unspecified atom stereocenters. The van der Waals surface area contributed by atoms with Crippen LogP contribution in [0.25, 0.3) is 11.0 Å². The summed E-state index contributed by atoms with van der Waals surface area (Å²) >= 11 is 1.53. The molecule has 0 spiro atoms. The van der Waals surface area contributed by atoms with Gasteiger partial charge in [-0.1, -0.05) is 50.1 Å². The van der Waals surface area contributed by atoms with Crippen LogP contribution < -0.4 is 5.32 Å². The second-order valence-electron chi connectivity index (χ2n) is 5.47. The molecule has 4 nitrogen and oxygen atoms in total. The molecule has 0 radical (unpaired) electrons. The van der Waals surface area contributed by atoms with Crippen LogP contribution >= 0.6 is 11.8 Å². The zero-order chi connectivity index (χ0) is 15.9. The molecule has 1 aromatic heterocycles. The molecular weight excluding hydrogens is 294 g/mol. The zero-order valence-electron chi connectivity index (χ0n) is 13.6. The number of amides is 1. The molecule has 120 valence electrons. The molecule has 0 fully saturated rings. The van der Waals surface area contributed by atoms with E-state index in [1.807, 2.05) is 25.1 Å². The van der Waals surface area contributed by atoms with Crippen LogP contribution in [0.2, 0.25) is 0 Å². The van der Waals surface area contributed by atoms with Gasteiger partial charge in [-0.2, -0.15) is 0 Å². The van der Waals surface area contributed by atoms with E-state index in [0.717, 1.165) is 29.2 Å². The minimum Gasteiger partial charge on any atom is -0.358 e. The summed E-state index contributed by atoms with van der Waals surface area (Å²) in [7, 11) is 1.67. The van der Waals surface area contributed by atoms with Crippen molar-refractivity contribution in [1.29, 1.82) is 0 Å². The normalized spacial score (nSPS) is 12.5. The third-order valence-corrected chi connectivity index (χ3v) is 4.84. The Morgan fingerprint density at radius 3 is 2.82 bits per heavy atom. The number of carbonyl (C=O) groups excluding carboxylic acids is 1. The Hall–Kier alpha value is -1.49. The van der Waals surface area contributed by atoms with Crippen LogP contribution in [-0.2, 0) is 11.3 Å². The Kier molecular flexibility index (Phi) is 6.31. The number of thioether (sulfide) groups is 1. The summed E-state index contributed by atoms with van der Waals surface area (Å²) in [6.45, 7) is 5.10. The standard InChI is InChI=1S/C17H25N3OS/c1-4-5-6-9-12-20-15-11-8-7-10-14(15)19-17(20)22-13(2)16(21)18-3/h7-8,10-11,13H,4-6,9,12H2,1-3H3,(H,18,21). The van der Waals surface area contributed by atoms with Gasteiger partial charge in [0.2, 0.25) is 5.91 Å². The molecule has 22 heavy (non-hydrogen) atoms. The topological polar surface area (TPSA) is 46.9 Å². The van der Waals surface area contributed by atoms with E-state index in [9.17, 15) is 4.79 Å². The number of aromatic nitrogens is 2. The number of unbranched alkanes of at least 4 members (excludes halogenated alkanes) is 3. The maximum Gasteiger partial charge on any atom is 0.233 e. The molecule has 1 aromatic carbocycles. The molecule has 0 aliphatic carbocycles. The van der Waals surface area contributed by atoms with Gasteiger partial charge in [0.05, 0.1) is 16.3 Å². The van der Waals surface area contributed by atoms with Gasteiger partial charge >= 0.3 is 0 Å². The molecule has 0 bridgehead atoms. The first kappa shape index (κ1) is 16.9. The summed E-state index contributed by atoms with van der Waals surface area (Å²) in [6.07, 6.45) is 4.89. The maximum atomic E-state index is 11.8. The van der Waals surface area contributed by atoms with Crippen molar-refractivity contribution in [2.24, 2.45) is 0 Å². The minimum absolute atomic E-state index is 0.0367. The predicted molar refractivity (Wildman–Crippen MR) is 93.3 cm³/mol. The van der Waals surface area contributed by atoms with E-state index in [0.29, 0.717) is 0 Å². The number of fused-ring (bicyclic) bond motifs is 1. The number of hydrogen-bond acceptors (Lipinski definition) is 3. The van der Waals surface area contributed by atoms with Crippen molar-refractivity contribution in [3.05, 3.63) is 24.3 Å². The Bertz CT molecular complexity index is 623. The Morgan fingerprint density at radius 2 is 2.09 bits per heavy atom. The Labute approximate surface area is 136 Å². The summed E-state index contributed by atoms with van der Waals surface area (Å²) < 4.78 is 2.26. The molecule has 1 atom stereocenters. The fourth-order valence-corrected chi connectivity index (χ4v) is 3.48. The van der Waals surface area contributed by atoms with Crippen molar-refractivity contribution in [2.75, 3.05) is 7.05 Å². The molecule has 0 saturated carbocycles. The van der Waals surface area contributed by atoms with Crippen LogP contribution in [0.15, 0.2) is 29.4 Å². The van der Waals surface area contributed by atoms with Gasteiger partial charge < -0.3 is 9.88 Å². The second-order valence-corrected chi connectivity index (χ2v) is 6.78. The van der Waals surface area contributed by atoms with Gasteiger partial charge in [0.15, 0.2) is 5.16 Å². The average molecular weight is 319 g/mol. The SMILES string of the molecule is CCCCCCn1c(SC(C)C(=O)NC)nc2ccccc21. The third-order valence-electron chi connectivity index (χ3n) is 3.75. The van der Waals surface area contributed by atoms with Crippen LogP contribution in [0, 0.1) is 0 Å². The van der Waals surface area contributed by atoms with Crippen LogP contribution in [0.5, 0.6) is 0 Å². The predicted octanol–water partition coefficient (Wildman–Crippen LogP) is 3.84. The molecule has 0 aliphatic heterocycles. The highest BCUT2D eigenvalue weighted by Crippen LogP contribution is 2.27. The molecule has 1 N–H and O–H groups in total. The number of para-hydroxylation sites is 2. The Balaban J connectivity index is 2.21. The third kappa shape index (κ3) is 4.03. The molecule has 1 heterocycles. The highest BCUT2D eigenvalue weighted by Gasteiger charge is 2.18. The first-order valence-corrected chi connectivity index (χ1v) is 8.88. The van der Waals surface area contributed by atoms with E-state index in [2.05, 4.69) is 22.9 Å². The number of nitrogens with one attached hydrogen (secondary N) is 1. The summed E-state index contributed by atoms with van der Waals surface area (Å²) in [5, 5.41) is 3.50. The maximum absolute atomic E-state index is 11.8. The largest absolute Gasteiger partial charge is 0.358 e. The lowest BCUT2D eigenvalue weighted by Crippen LogP contribution is -2.27. The van der Waals surface area contributed by atoms with Gasteiger partial charge in [0.1, 0.15) is 0 Å². The number of rotatable bonds is 8. The minimum atomic E-state index is -0.142. The number of aryl methyl sites for hydroxylation is 1. The first-order valence-electron chi connectivity index (χ1n) is 8.01. The summed E-state index contributed by atoms with van der Waals surface area (Å²) in [4.78, 5) is 16.5. The van der Waals surface area contributed by atoms with Crippen LogP contribution in [0.4, 0.5) is 0 Å². The summed E-state index contributed by atoms with van der Waals surface area (Å²) in [6, 6.07) is 8.19. The van der Waals surface area contributed by atoms with Gasteiger partial charge in [-0.15, -0.1) is 0 Å². The Morgan fingerprint density at radius 1 is 1.32 bits per heavy atom. The van der Waals surface area contributed by atoms with Crippen LogP contribution in [-0.4, -0.2) is 27.8 Å². The number of imidazole rings is 1. The first-order chi connectivity index (χ1) is 10.7. The van der Waals surface area contributed by atoms with E-state index in [4.69, 9.17) is 4.98 Å². The molecule has 1 amide bonds. The van der Waals surface area contributed by atoms with Crippen molar-refractivity contribution in [1.82, 2.24) is 14.9 Å². The van der Waals surface area contributed by atoms with Gasteiger partial charge in [0, 0.05) is 13.6 Å². The van der Waals surface area contributed by atoms with Crippen molar-refractivity contribution >= 4 is 28.7 Å². The second kappa shape index (κ2) is 8.22. The van der Waals surface area contributed by atoms with Gasteiger partial charge in [-0.3, -0.25) is 4.79 Å². The zero-order valence-corrected chi connectivity index (χ0v) is 14.4.